The van der Waals surface area contributed by atoms with Gasteiger partial charge in [0.1, 0.15) is 0 Å². The van der Waals surface area contributed by atoms with Crippen LogP contribution in [0.2, 0.25) is 25.7 Å². The second kappa shape index (κ2) is 6.20. The van der Waals surface area contributed by atoms with Crippen LogP contribution < -0.4 is 0 Å². The third kappa shape index (κ3) is 4.75. The zero-order valence-electron chi connectivity index (χ0n) is 12.4. The van der Waals surface area contributed by atoms with Crippen molar-refractivity contribution in [3.8, 4) is 0 Å². The molecule has 0 aromatic heterocycles. The van der Waals surface area contributed by atoms with Crippen LogP contribution in [0, 0.1) is 5.41 Å². The van der Waals surface area contributed by atoms with Crippen LogP contribution in [0.25, 0.3) is 0 Å². The van der Waals surface area contributed by atoms with E-state index in [0.717, 1.165) is 32.8 Å². The van der Waals surface area contributed by atoms with Crippen molar-refractivity contribution in [3.05, 3.63) is 35.9 Å². The van der Waals surface area contributed by atoms with E-state index >= 15 is 0 Å². The van der Waals surface area contributed by atoms with Crippen molar-refractivity contribution in [2.75, 3.05) is 26.4 Å². The van der Waals surface area contributed by atoms with Gasteiger partial charge in [-0.3, -0.25) is 0 Å². The molecule has 19 heavy (non-hydrogen) atoms. The molecule has 0 spiro atoms. The number of rotatable bonds is 7. The Kier molecular flexibility index (Phi) is 4.82. The highest BCUT2D eigenvalue weighted by Crippen LogP contribution is 2.32. The molecule has 0 aliphatic carbocycles. The summed E-state index contributed by atoms with van der Waals surface area (Å²) in [4.78, 5) is 0. The van der Waals surface area contributed by atoms with Crippen molar-refractivity contribution in [2.24, 2.45) is 5.41 Å². The minimum absolute atomic E-state index is 0.223. The van der Waals surface area contributed by atoms with Gasteiger partial charge >= 0.3 is 0 Å². The first-order chi connectivity index (χ1) is 8.99. The number of hydrogen-bond donors (Lipinski definition) is 0. The van der Waals surface area contributed by atoms with Crippen molar-refractivity contribution in [1.82, 2.24) is 0 Å². The summed E-state index contributed by atoms with van der Waals surface area (Å²) in [6.07, 6.45) is 1.07. The summed E-state index contributed by atoms with van der Waals surface area (Å²) in [6, 6.07) is 11.9. The summed E-state index contributed by atoms with van der Waals surface area (Å²) in [6.45, 7) is 10.6. The lowest BCUT2D eigenvalue weighted by Gasteiger charge is -2.41. The Balaban J connectivity index is 1.79. The summed E-state index contributed by atoms with van der Waals surface area (Å²) in [5.74, 6) is 0. The van der Waals surface area contributed by atoms with Crippen molar-refractivity contribution >= 4 is 8.07 Å². The normalized spacial score (nSPS) is 18.1. The van der Waals surface area contributed by atoms with Gasteiger partial charge < -0.3 is 9.47 Å². The average Bonchev–Trinajstić information content (AvgIpc) is 2.31. The Morgan fingerprint density at radius 1 is 1.16 bits per heavy atom. The van der Waals surface area contributed by atoms with Gasteiger partial charge in [-0.1, -0.05) is 50.0 Å². The van der Waals surface area contributed by atoms with Crippen LogP contribution in [0.5, 0.6) is 0 Å². The van der Waals surface area contributed by atoms with Crippen molar-refractivity contribution in [2.45, 2.75) is 32.1 Å². The van der Waals surface area contributed by atoms with Crippen molar-refractivity contribution < 1.29 is 9.47 Å². The zero-order valence-corrected chi connectivity index (χ0v) is 13.4. The molecule has 0 bridgehead atoms. The standard InChI is InChI=1S/C16H26O2Si/c1-19(2,3)10-9-17-12-16(13-18-14-16)11-15-7-5-4-6-8-15/h4-8H,9-14H2,1-3H3. The molecule has 0 radical (unpaired) electrons. The highest BCUT2D eigenvalue weighted by Gasteiger charge is 2.39. The van der Waals surface area contributed by atoms with E-state index in [1.165, 1.54) is 11.6 Å². The lowest BCUT2D eigenvalue weighted by Crippen LogP contribution is -2.48. The molecule has 2 nitrogen and oxygen atoms in total. The summed E-state index contributed by atoms with van der Waals surface area (Å²) in [7, 11) is -0.976. The first kappa shape index (κ1) is 14.8. The van der Waals surface area contributed by atoms with Gasteiger partial charge in [-0.2, -0.15) is 0 Å². The maximum atomic E-state index is 5.94. The van der Waals surface area contributed by atoms with Crippen LogP contribution >= 0.6 is 0 Å². The molecule has 2 rings (SSSR count). The molecule has 1 fully saturated rings. The predicted octanol–water partition coefficient (Wildman–Crippen LogP) is 3.60. The van der Waals surface area contributed by atoms with Crippen LogP contribution in [0.3, 0.4) is 0 Å². The summed E-state index contributed by atoms with van der Waals surface area (Å²) in [5, 5.41) is 0. The Morgan fingerprint density at radius 3 is 2.37 bits per heavy atom. The molecule has 1 saturated heterocycles. The SMILES string of the molecule is C[Si](C)(C)CCOCC1(Cc2ccccc2)COC1. The van der Waals surface area contributed by atoms with E-state index in [9.17, 15) is 0 Å². The topological polar surface area (TPSA) is 18.5 Å². The summed E-state index contributed by atoms with van der Waals surface area (Å²) >= 11 is 0. The Bertz CT molecular complexity index is 379. The fourth-order valence-electron chi connectivity index (χ4n) is 2.32. The molecular formula is C16H26O2Si. The number of ether oxygens (including phenoxy) is 2. The largest absolute Gasteiger partial charge is 0.381 e. The summed E-state index contributed by atoms with van der Waals surface area (Å²) < 4.78 is 11.4. The van der Waals surface area contributed by atoms with E-state index < -0.39 is 8.07 Å². The molecule has 106 valence electrons. The lowest BCUT2D eigenvalue weighted by molar-refractivity contribution is -0.147. The van der Waals surface area contributed by atoms with E-state index in [2.05, 4.69) is 50.0 Å². The molecule has 1 heterocycles. The van der Waals surface area contributed by atoms with Gasteiger partial charge in [0.15, 0.2) is 0 Å². The third-order valence-electron chi connectivity index (χ3n) is 3.64. The lowest BCUT2D eigenvalue weighted by atomic mass is 9.80. The maximum absolute atomic E-state index is 5.94. The van der Waals surface area contributed by atoms with Crippen molar-refractivity contribution in [1.29, 1.82) is 0 Å². The Morgan fingerprint density at radius 2 is 1.84 bits per heavy atom. The molecule has 0 unspecified atom stereocenters. The molecule has 3 heteroatoms. The van der Waals surface area contributed by atoms with Gasteiger partial charge in [0.2, 0.25) is 0 Å². The van der Waals surface area contributed by atoms with Crippen LogP contribution in [0.4, 0.5) is 0 Å². The molecule has 0 N–H and O–H groups in total. The quantitative estimate of drug-likeness (QED) is 0.560. The molecule has 0 saturated carbocycles. The smallest absolute Gasteiger partial charge is 0.0570 e. The van der Waals surface area contributed by atoms with Crippen LogP contribution in [0.15, 0.2) is 30.3 Å². The van der Waals surface area contributed by atoms with Crippen LogP contribution in [-0.2, 0) is 15.9 Å². The van der Waals surface area contributed by atoms with E-state index in [1.54, 1.807) is 0 Å². The molecule has 1 aromatic rings. The van der Waals surface area contributed by atoms with E-state index in [0.29, 0.717) is 0 Å². The van der Waals surface area contributed by atoms with Gasteiger partial charge in [0.05, 0.1) is 19.8 Å². The first-order valence-corrected chi connectivity index (χ1v) is 10.9. The van der Waals surface area contributed by atoms with E-state index in [-0.39, 0.29) is 5.41 Å². The molecule has 1 aromatic carbocycles. The van der Waals surface area contributed by atoms with Gasteiger partial charge in [-0.05, 0) is 18.0 Å². The maximum Gasteiger partial charge on any atom is 0.0570 e. The van der Waals surface area contributed by atoms with Crippen molar-refractivity contribution in [3.63, 3.8) is 0 Å². The monoisotopic (exact) mass is 278 g/mol. The second-order valence-electron chi connectivity index (χ2n) is 7.02. The fraction of sp³-hybridized carbons (Fsp3) is 0.625. The highest BCUT2D eigenvalue weighted by atomic mass is 28.3. The van der Waals surface area contributed by atoms with Crippen LogP contribution in [-0.4, -0.2) is 34.5 Å². The Hall–Kier alpha value is -0.643. The van der Waals surface area contributed by atoms with Gasteiger partial charge in [-0.25, -0.2) is 0 Å². The van der Waals surface area contributed by atoms with Gasteiger partial charge in [0.25, 0.3) is 0 Å². The second-order valence-corrected chi connectivity index (χ2v) is 12.6. The summed E-state index contributed by atoms with van der Waals surface area (Å²) in [5.41, 5.74) is 1.61. The van der Waals surface area contributed by atoms with E-state index in [4.69, 9.17) is 9.47 Å². The first-order valence-electron chi connectivity index (χ1n) is 7.19. The molecule has 1 aliphatic heterocycles. The molecular weight excluding hydrogens is 252 g/mol. The zero-order chi connectivity index (χ0) is 13.8. The molecule has 0 amide bonds. The number of hydrogen-bond acceptors (Lipinski definition) is 2. The third-order valence-corrected chi connectivity index (χ3v) is 5.35. The molecule has 0 atom stereocenters. The average molecular weight is 278 g/mol. The van der Waals surface area contributed by atoms with Crippen LogP contribution in [0.1, 0.15) is 5.56 Å². The number of benzene rings is 1. The Labute approximate surface area is 118 Å². The minimum atomic E-state index is -0.976. The minimum Gasteiger partial charge on any atom is -0.381 e. The predicted molar refractivity (Wildman–Crippen MR) is 82.4 cm³/mol. The van der Waals surface area contributed by atoms with Gasteiger partial charge in [-0.15, -0.1) is 0 Å². The molecule has 1 aliphatic rings. The highest BCUT2D eigenvalue weighted by molar-refractivity contribution is 6.76. The van der Waals surface area contributed by atoms with E-state index in [1.807, 2.05) is 0 Å². The van der Waals surface area contributed by atoms with Gasteiger partial charge in [0, 0.05) is 20.1 Å². The fourth-order valence-corrected chi connectivity index (χ4v) is 3.08.